The van der Waals surface area contributed by atoms with Gasteiger partial charge in [-0.25, -0.2) is 9.50 Å². The van der Waals surface area contributed by atoms with Crippen LogP contribution in [0.4, 0.5) is 0 Å². The Morgan fingerprint density at radius 2 is 1.92 bits per heavy atom. The molecule has 1 aromatic carbocycles. The smallest absolute Gasteiger partial charge is 0.277 e. The minimum Gasteiger partial charge on any atom is -0.381 e. The molecule has 0 bridgehead atoms. The molecular formula is C20H24N4O2. The quantitative estimate of drug-likeness (QED) is 0.782. The fraction of sp³-hybridized carbons (Fsp3) is 0.450. The summed E-state index contributed by atoms with van der Waals surface area (Å²) in [5, 5.41) is 4.76. The molecule has 1 aliphatic rings. The van der Waals surface area contributed by atoms with Gasteiger partial charge in [-0.1, -0.05) is 37.3 Å². The van der Waals surface area contributed by atoms with E-state index in [-0.39, 0.29) is 5.56 Å². The Bertz CT molecular complexity index is 953. The van der Waals surface area contributed by atoms with Crippen LogP contribution in [0.2, 0.25) is 0 Å². The fourth-order valence-corrected chi connectivity index (χ4v) is 3.89. The number of aromatic amines is 1. The number of hydrogen-bond acceptors (Lipinski definition) is 4. The van der Waals surface area contributed by atoms with Crippen molar-refractivity contribution < 1.29 is 4.74 Å². The van der Waals surface area contributed by atoms with Gasteiger partial charge in [-0.3, -0.25) is 4.79 Å². The van der Waals surface area contributed by atoms with E-state index in [1.807, 2.05) is 37.3 Å². The summed E-state index contributed by atoms with van der Waals surface area (Å²) in [6, 6.07) is 9.73. The van der Waals surface area contributed by atoms with Crippen LogP contribution in [0.15, 0.2) is 35.1 Å². The minimum atomic E-state index is -0.125. The molecule has 136 valence electrons. The first kappa shape index (κ1) is 17.0. The van der Waals surface area contributed by atoms with Crippen LogP contribution in [0.25, 0.3) is 16.9 Å². The summed E-state index contributed by atoms with van der Waals surface area (Å²) in [6.07, 6.45) is 5.11. The fourth-order valence-electron chi connectivity index (χ4n) is 3.89. The molecule has 1 N–H and O–H groups in total. The van der Waals surface area contributed by atoms with Gasteiger partial charge in [-0.15, -0.1) is 5.10 Å². The van der Waals surface area contributed by atoms with Crippen molar-refractivity contribution in [2.24, 2.45) is 0 Å². The number of nitrogens with zero attached hydrogens (tertiary/aromatic N) is 3. The lowest BCUT2D eigenvalue weighted by Gasteiger charge is -2.26. The zero-order valence-electron chi connectivity index (χ0n) is 15.2. The zero-order chi connectivity index (χ0) is 18.1. The summed E-state index contributed by atoms with van der Waals surface area (Å²) in [7, 11) is 1.78. The normalized spacial score (nSPS) is 20.5. The molecule has 6 nitrogen and oxygen atoms in total. The molecule has 0 spiro atoms. The van der Waals surface area contributed by atoms with Gasteiger partial charge in [-0.2, -0.15) is 0 Å². The Balaban J connectivity index is 1.83. The second kappa shape index (κ2) is 7.03. The molecule has 3 aromatic rings. The summed E-state index contributed by atoms with van der Waals surface area (Å²) < 4.78 is 7.28. The number of nitrogens with one attached hydrogen (secondary N) is 1. The van der Waals surface area contributed by atoms with Gasteiger partial charge in [0.1, 0.15) is 5.82 Å². The molecule has 0 radical (unpaired) electrons. The third-order valence-corrected chi connectivity index (χ3v) is 5.35. The first-order valence-corrected chi connectivity index (χ1v) is 9.31. The molecule has 0 atom stereocenters. The lowest BCUT2D eigenvalue weighted by molar-refractivity contribution is 0.0649. The Kier molecular flexibility index (Phi) is 4.59. The number of fused-ring (bicyclic) bond motifs is 1. The van der Waals surface area contributed by atoms with Crippen LogP contribution in [0.1, 0.15) is 50.0 Å². The first-order chi connectivity index (χ1) is 12.7. The Hall–Kier alpha value is -2.47. The second-order valence-corrected chi connectivity index (χ2v) is 6.91. The third-order valence-electron chi connectivity index (χ3n) is 5.35. The maximum absolute atomic E-state index is 12.8. The number of aromatic nitrogens is 4. The number of ether oxygens (including phenoxy) is 1. The molecule has 0 saturated heterocycles. The highest BCUT2D eigenvalue weighted by atomic mass is 16.5. The SMILES string of the molecule is CCc1nc(C2CCC(OC)CC2)n2nc(-c3ccccc3)[nH]c(=O)c12. The molecule has 2 heterocycles. The van der Waals surface area contributed by atoms with Crippen LogP contribution in [0.3, 0.4) is 0 Å². The number of rotatable bonds is 4. The van der Waals surface area contributed by atoms with Gasteiger partial charge in [0.15, 0.2) is 11.3 Å². The maximum atomic E-state index is 12.8. The maximum Gasteiger partial charge on any atom is 0.277 e. The van der Waals surface area contributed by atoms with Crippen molar-refractivity contribution in [3.8, 4) is 11.4 Å². The van der Waals surface area contributed by atoms with E-state index in [4.69, 9.17) is 14.8 Å². The van der Waals surface area contributed by atoms with E-state index in [0.29, 0.717) is 29.8 Å². The lowest BCUT2D eigenvalue weighted by atomic mass is 9.87. The van der Waals surface area contributed by atoms with Crippen molar-refractivity contribution in [1.82, 2.24) is 19.6 Å². The molecule has 0 unspecified atom stereocenters. The average molecular weight is 352 g/mol. The van der Waals surface area contributed by atoms with Gasteiger partial charge in [0.05, 0.1) is 11.8 Å². The van der Waals surface area contributed by atoms with Crippen molar-refractivity contribution in [1.29, 1.82) is 0 Å². The third kappa shape index (κ3) is 2.94. The van der Waals surface area contributed by atoms with E-state index >= 15 is 0 Å². The topological polar surface area (TPSA) is 72.3 Å². The zero-order valence-corrected chi connectivity index (χ0v) is 15.2. The van der Waals surface area contributed by atoms with Gasteiger partial charge >= 0.3 is 0 Å². The second-order valence-electron chi connectivity index (χ2n) is 6.91. The van der Waals surface area contributed by atoms with Crippen LogP contribution in [-0.4, -0.2) is 32.8 Å². The molecule has 6 heteroatoms. The monoisotopic (exact) mass is 352 g/mol. The molecule has 26 heavy (non-hydrogen) atoms. The van der Waals surface area contributed by atoms with Crippen molar-refractivity contribution in [2.75, 3.05) is 7.11 Å². The van der Waals surface area contributed by atoms with E-state index in [1.54, 1.807) is 11.6 Å². The molecule has 4 rings (SSSR count). The summed E-state index contributed by atoms with van der Waals surface area (Å²) in [4.78, 5) is 20.5. The van der Waals surface area contributed by atoms with E-state index in [2.05, 4.69) is 4.98 Å². The number of methoxy groups -OCH3 is 1. The molecule has 0 aliphatic heterocycles. The minimum absolute atomic E-state index is 0.125. The van der Waals surface area contributed by atoms with Crippen LogP contribution in [0.5, 0.6) is 0 Å². The van der Waals surface area contributed by atoms with Gasteiger partial charge < -0.3 is 9.72 Å². The van der Waals surface area contributed by atoms with Crippen molar-refractivity contribution >= 4 is 5.52 Å². The summed E-state index contributed by atoms with van der Waals surface area (Å²) >= 11 is 0. The highest BCUT2D eigenvalue weighted by Gasteiger charge is 2.27. The standard InChI is InChI=1S/C20H24N4O2/c1-3-16-17-20(25)22-18(13-7-5-4-6-8-13)23-24(17)19(21-16)14-9-11-15(26-2)12-10-14/h4-8,14-15H,3,9-12H2,1-2H3,(H,22,23,25). The predicted octanol–water partition coefficient (Wildman–Crippen LogP) is 3.32. The van der Waals surface area contributed by atoms with Crippen LogP contribution in [0, 0.1) is 0 Å². The number of hydrogen-bond donors (Lipinski definition) is 1. The summed E-state index contributed by atoms with van der Waals surface area (Å²) in [5.41, 5.74) is 2.17. The molecule has 1 saturated carbocycles. The molecule has 0 amide bonds. The van der Waals surface area contributed by atoms with Crippen LogP contribution in [-0.2, 0) is 11.2 Å². The van der Waals surface area contributed by atoms with E-state index in [1.165, 1.54) is 0 Å². The lowest BCUT2D eigenvalue weighted by Crippen LogP contribution is -2.22. The van der Waals surface area contributed by atoms with E-state index in [9.17, 15) is 4.79 Å². The number of H-pyrrole nitrogens is 1. The van der Waals surface area contributed by atoms with Gasteiger partial charge in [-0.05, 0) is 32.1 Å². The van der Waals surface area contributed by atoms with Gasteiger partial charge in [0, 0.05) is 18.6 Å². The molecule has 1 fully saturated rings. The number of benzene rings is 1. The molecular weight excluding hydrogens is 328 g/mol. The first-order valence-electron chi connectivity index (χ1n) is 9.31. The van der Waals surface area contributed by atoms with Gasteiger partial charge in [0.2, 0.25) is 0 Å². The van der Waals surface area contributed by atoms with Crippen molar-refractivity contribution in [2.45, 2.75) is 51.0 Å². The average Bonchev–Trinajstić information content (AvgIpc) is 3.08. The Morgan fingerprint density at radius 3 is 2.58 bits per heavy atom. The van der Waals surface area contributed by atoms with Crippen LogP contribution >= 0.6 is 0 Å². The Labute approximate surface area is 152 Å². The van der Waals surface area contributed by atoms with Gasteiger partial charge in [0.25, 0.3) is 5.56 Å². The summed E-state index contributed by atoms with van der Waals surface area (Å²) in [6.45, 7) is 2.03. The highest BCUT2D eigenvalue weighted by molar-refractivity contribution is 5.58. The molecule has 2 aromatic heterocycles. The largest absolute Gasteiger partial charge is 0.381 e. The van der Waals surface area contributed by atoms with Crippen molar-refractivity contribution in [3.05, 3.63) is 52.2 Å². The Morgan fingerprint density at radius 1 is 1.19 bits per heavy atom. The number of aryl methyl sites for hydroxylation is 1. The molecule has 1 aliphatic carbocycles. The predicted molar refractivity (Wildman–Crippen MR) is 100 cm³/mol. The highest BCUT2D eigenvalue weighted by Crippen LogP contribution is 2.33. The van der Waals surface area contributed by atoms with Crippen molar-refractivity contribution in [3.63, 3.8) is 0 Å². The van der Waals surface area contributed by atoms with E-state index < -0.39 is 0 Å². The van der Waals surface area contributed by atoms with E-state index in [0.717, 1.165) is 42.8 Å². The van der Waals surface area contributed by atoms with Crippen LogP contribution < -0.4 is 5.56 Å². The number of imidazole rings is 1. The summed E-state index contributed by atoms with van der Waals surface area (Å²) in [5.74, 6) is 1.80.